The van der Waals surface area contributed by atoms with Crippen molar-refractivity contribution in [3.8, 4) is 0 Å². The van der Waals surface area contributed by atoms with Crippen LogP contribution >= 0.6 is 0 Å². The first-order valence-corrected chi connectivity index (χ1v) is 7.43. The number of aliphatic hydroxyl groups is 1. The number of benzene rings is 1. The molecule has 2 N–H and O–H groups in total. The van der Waals surface area contributed by atoms with Gasteiger partial charge in [0, 0.05) is 7.05 Å². The summed E-state index contributed by atoms with van der Waals surface area (Å²) in [6, 6.07) is 6.00. The minimum absolute atomic E-state index is 0.274. The second-order valence-corrected chi connectivity index (χ2v) is 5.95. The summed E-state index contributed by atoms with van der Waals surface area (Å²) < 4.78 is 2.00. The van der Waals surface area contributed by atoms with Gasteiger partial charge in [0.25, 0.3) is 5.91 Å². The molecule has 1 heterocycles. The molecular weight excluding hydrogens is 266 g/mol. The van der Waals surface area contributed by atoms with E-state index in [0.717, 1.165) is 35.3 Å². The van der Waals surface area contributed by atoms with Crippen LogP contribution in [-0.2, 0) is 18.4 Å². The topological polar surface area (TPSA) is 67.2 Å². The number of nitrogens with zero attached hydrogens (tertiary/aromatic N) is 2. The number of carbonyl (C=O) groups is 1. The van der Waals surface area contributed by atoms with Crippen molar-refractivity contribution < 1.29 is 9.90 Å². The maximum atomic E-state index is 12.1. The fourth-order valence-electron chi connectivity index (χ4n) is 3.18. The molecule has 112 valence electrons. The van der Waals surface area contributed by atoms with Crippen molar-refractivity contribution in [2.45, 2.75) is 44.8 Å². The van der Waals surface area contributed by atoms with Crippen LogP contribution in [0.25, 0.3) is 11.0 Å². The van der Waals surface area contributed by atoms with Crippen molar-refractivity contribution in [3.63, 3.8) is 0 Å². The third-order valence-electron chi connectivity index (χ3n) is 4.45. The largest absolute Gasteiger partial charge is 0.380 e. The number of nitrogens with one attached hydrogen (secondary N) is 1. The lowest BCUT2D eigenvalue weighted by molar-refractivity contribution is -0.139. The molecule has 1 aliphatic carbocycles. The minimum atomic E-state index is -1.18. The Morgan fingerprint density at radius 3 is 2.81 bits per heavy atom. The molecule has 3 rings (SSSR count). The molecule has 1 fully saturated rings. The van der Waals surface area contributed by atoms with Crippen molar-refractivity contribution in [2.75, 3.05) is 0 Å². The maximum Gasteiger partial charge on any atom is 0.252 e. The highest BCUT2D eigenvalue weighted by Gasteiger charge is 2.38. The van der Waals surface area contributed by atoms with Gasteiger partial charge in [0.2, 0.25) is 0 Å². The first-order valence-electron chi connectivity index (χ1n) is 7.43. The van der Waals surface area contributed by atoms with Gasteiger partial charge >= 0.3 is 0 Å². The average molecular weight is 287 g/mol. The van der Waals surface area contributed by atoms with E-state index in [-0.39, 0.29) is 5.91 Å². The van der Waals surface area contributed by atoms with E-state index in [2.05, 4.69) is 10.3 Å². The van der Waals surface area contributed by atoms with Gasteiger partial charge in [0.05, 0.1) is 17.6 Å². The normalized spacial score (nSPS) is 17.3. The monoisotopic (exact) mass is 287 g/mol. The van der Waals surface area contributed by atoms with Crippen molar-refractivity contribution in [3.05, 3.63) is 29.6 Å². The Morgan fingerprint density at radius 2 is 2.14 bits per heavy atom. The lowest BCUT2D eigenvalue weighted by Gasteiger charge is -2.20. The summed E-state index contributed by atoms with van der Waals surface area (Å²) in [5.74, 6) is 0.526. The zero-order chi connectivity index (χ0) is 15.0. The summed E-state index contributed by atoms with van der Waals surface area (Å²) in [6.07, 6.45) is 2.94. The van der Waals surface area contributed by atoms with E-state index >= 15 is 0 Å². The summed E-state index contributed by atoms with van der Waals surface area (Å²) in [5.41, 5.74) is 2.00. The van der Waals surface area contributed by atoms with Gasteiger partial charge in [-0.05, 0) is 44.2 Å². The van der Waals surface area contributed by atoms with Crippen LogP contribution in [0.5, 0.6) is 0 Å². The van der Waals surface area contributed by atoms with Crippen LogP contribution in [0.15, 0.2) is 18.2 Å². The Hall–Kier alpha value is -1.88. The minimum Gasteiger partial charge on any atom is -0.380 e. The predicted octanol–water partition coefficient (Wildman–Crippen LogP) is 1.80. The molecule has 1 amide bonds. The Morgan fingerprint density at radius 1 is 1.43 bits per heavy atom. The smallest absolute Gasteiger partial charge is 0.252 e. The van der Waals surface area contributed by atoms with E-state index in [1.165, 1.54) is 0 Å². The van der Waals surface area contributed by atoms with Crippen molar-refractivity contribution in [1.29, 1.82) is 0 Å². The van der Waals surface area contributed by atoms with Gasteiger partial charge in [-0.1, -0.05) is 12.1 Å². The molecule has 1 aliphatic rings. The zero-order valence-electron chi connectivity index (χ0n) is 12.5. The van der Waals surface area contributed by atoms with Gasteiger partial charge in [-0.25, -0.2) is 4.98 Å². The highest BCUT2D eigenvalue weighted by molar-refractivity contribution is 5.85. The molecule has 0 aliphatic heterocycles. The Kier molecular flexibility index (Phi) is 3.45. The molecule has 0 radical (unpaired) electrons. The second-order valence-electron chi connectivity index (χ2n) is 5.95. The van der Waals surface area contributed by atoms with Crippen molar-refractivity contribution in [1.82, 2.24) is 14.9 Å². The van der Waals surface area contributed by atoms with Crippen LogP contribution in [-0.4, -0.2) is 26.2 Å². The fourth-order valence-corrected chi connectivity index (χ4v) is 3.18. The number of carbonyl (C=O) groups excluding carboxylic acids is 1. The molecule has 0 spiro atoms. The van der Waals surface area contributed by atoms with E-state index in [1.807, 2.05) is 36.7 Å². The third-order valence-corrected chi connectivity index (χ3v) is 4.45. The molecule has 2 aromatic rings. The molecule has 1 aromatic heterocycles. The summed E-state index contributed by atoms with van der Waals surface area (Å²) in [6.45, 7) is 2.39. The number of aromatic nitrogens is 2. The number of imidazole rings is 1. The number of amides is 1. The van der Waals surface area contributed by atoms with Crippen LogP contribution in [0, 0.1) is 6.92 Å². The van der Waals surface area contributed by atoms with E-state index < -0.39 is 5.60 Å². The lowest BCUT2D eigenvalue weighted by atomic mass is 10.0. The maximum absolute atomic E-state index is 12.1. The van der Waals surface area contributed by atoms with Crippen molar-refractivity contribution >= 4 is 16.9 Å². The second kappa shape index (κ2) is 5.15. The summed E-state index contributed by atoms with van der Waals surface area (Å²) >= 11 is 0. The number of rotatable bonds is 3. The molecule has 0 bridgehead atoms. The standard InChI is InChI=1S/C16H21N3O2/c1-11-6-5-7-12-14(11)19(2)13(18-12)10-17-15(20)16(21)8-3-4-9-16/h5-7,21H,3-4,8-10H2,1-2H3,(H,17,20). The quantitative estimate of drug-likeness (QED) is 0.904. The first kappa shape index (κ1) is 14.1. The molecule has 5 nitrogen and oxygen atoms in total. The molecule has 0 unspecified atom stereocenters. The van der Waals surface area contributed by atoms with Gasteiger partial charge in [0.1, 0.15) is 11.4 Å². The van der Waals surface area contributed by atoms with Gasteiger partial charge in [-0.15, -0.1) is 0 Å². The van der Waals surface area contributed by atoms with Crippen LogP contribution in [0.2, 0.25) is 0 Å². The molecule has 0 saturated heterocycles. The van der Waals surface area contributed by atoms with Gasteiger partial charge in [0.15, 0.2) is 0 Å². The molecule has 1 saturated carbocycles. The predicted molar refractivity (Wildman–Crippen MR) is 80.7 cm³/mol. The lowest BCUT2D eigenvalue weighted by Crippen LogP contribution is -2.44. The highest BCUT2D eigenvalue weighted by Crippen LogP contribution is 2.29. The Labute approximate surface area is 124 Å². The van der Waals surface area contributed by atoms with Crippen LogP contribution in [0.3, 0.4) is 0 Å². The Balaban J connectivity index is 1.78. The fraction of sp³-hybridized carbons (Fsp3) is 0.500. The zero-order valence-corrected chi connectivity index (χ0v) is 12.5. The SMILES string of the molecule is Cc1cccc2nc(CNC(=O)C3(O)CCCC3)n(C)c12. The number of para-hydroxylation sites is 1. The molecule has 21 heavy (non-hydrogen) atoms. The Bertz CT molecular complexity index is 684. The third kappa shape index (κ3) is 2.42. The van der Waals surface area contributed by atoms with Gasteiger partial charge < -0.3 is 15.0 Å². The molecule has 0 atom stereocenters. The number of hydrogen-bond acceptors (Lipinski definition) is 3. The average Bonchev–Trinajstić information content (AvgIpc) is 3.03. The summed E-state index contributed by atoms with van der Waals surface area (Å²) in [5, 5.41) is 13.1. The molecule has 1 aromatic carbocycles. The number of aryl methyl sites for hydroxylation is 2. The van der Waals surface area contributed by atoms with E-state index in [1.54, 1.807) is 0 Å². The van der Waals surface area contributed by atoms with Crippen LogP contribution < -0.4 is 5.32 Å². The van der Waals surface area contributed by atoms with Crippen LogP contribution in [0.4, 0.5) is 0 Å². The summed E-state index contributed by atoms with van der Waals surface area (Å²) in [4.78, 5) is 16.7. The summed E-state index contributed by atoms with van der Waals surface area (Å²) in [7, 11) is 1.95. The molecule has 5 heteroatoms. The number of hydrogen-bond donors (Lipinski definition) is 2. The van der Waals surface area contributed by atoms with E-state index in [0.29, 0.717) is 19.4 Å². The highest BCUT2D eigenvalue weighted by atomic mass is 16.3. The van der Waals surface area contributed by atoms with Gasteiger partial charge in [-0.3, -0.25) is 4.79 Å². The van der Waals surface area contributed by atoms with Crippen LogP contribution in [0.1, 0.15) is 37.1 Å². The molecular formula is C16H21N3O2. The number of fused-ring (bicyclic) bond motifs is 1. The van der Waals surface area contributed by atoms with E-state index in [4.69, 9.17) is 0 Å². The van der Waals surface area contributed by atoms with Crippen molar-refractivity contribution in [2.24, 2.45) is 7.05 Å². The van der Waals surface area contributed by atoms with Gasteiger partial charge in [-0.2, -0.15) is 0 Å². The van der Waals surface area contributed by atoms with E-state index in [9.17, 15) is 9.90 Å². The first-order chi connectivity index (χ1) is 10.0.